The Morgan fingerprint density at radius 3 is 1.17 bits per heavy atom. The molecular formula is C20H16O4-2. The fourth-order valence-corrected chi connectivity index (χ4v) is 3.30. The number of benzene rings is 3. The van der Waals surface area contributed by atoms with Crippen LogP contribution in [0.25, 0.3) is 21.5 Å². The van der Waals surface area contributed by atoms with Gasteiger partial charge in [-0.1, -0.05) is 48.5 Å². The number of rotatable bonds is 6. The molecule has 0 amide bonds. The molecule has 0 aliphatic heterocycles. The van der Waals surface area contributed by atoms with Gasteiger partial charge in [0.15, 0.2) is 0 Å². The van der Waals surface area contributed by atoms with Crippen LogP contribution in [-0.4, -0.2) is 11.9 Å². The molecule has 0 bridgehead atoms. The van der Waals surface area contributed by atoms with Gasteiger partial charge in [0.25, 0.3) is 0 Å². The summed E-state index contributed by atoms with van der Waals surface area (Å²) in [6.45, 7) is 0. The van der Waals surface area contributed by atoms with Crippen molar-refractivity contribution in [1.82, 2.24) is 0 Å². The Morgan fingerprint density at radius 1 is 0.625 bits per heavy atom. The maximum absolute atomic E-state index is 10.9. The zero-order chi connectivity index (χ0) is 17.1. The minimum Gasteiger partial charge on any atom is -0.550 e. The first-order valence-electron chi connectivity index (χ1n) is 7.89. The summed E-state index contributed by atoms with van der Waals surface area (Å²) in [7, 11) is 0. The molecule has 3 aromatic carbocycles. The molecule has 4 nitrogen and oxygen atoms in total. The molecule has 0 heterocycles. The van der Waals surface area contributed by atoms with Crippen molar-refractivity contribution < 1.29 is 19.8 Å². The van der Waals surface area contributed by atoms with Crippen LogP contribution in [0.5, 0.6) is 0 Å². The van der Waals surface area contributed by atoms with Gasteiger partial charge >= 0.3 is 0 Å². The summed E-state index contributed by atoms with van der Waals surface area (Å²) in [5, 5.41) is 25.7. The number of aryl methyl sites for hydroxylation is 2. The fraction of sp³-hybridized carbons (Fsp3) is 0.200. The van der Waals surface area contributed by atoms with Crippen molar-refractivity contribution in [2.24, 2.45) is 0 Å². The maximum atomic E-state index is 10.9. The summed E-state index contributed by atoms with van der Waals surface area (Å²) < 4.78 is 0. The second kappa shape index (κ2) is 6.71. The van der Waals surface area contributed by atoms with Crippen molar-refractivity contribution in [2.75, 3.05) is 0 Å². The summed E-state index contributed by atoms with van der Waals surface area (Å²) in [4.78, 5) is 21.8. The van der Waals surface area contributed by atoms with Gasteiger partial charge < -0.3 is 19.8 Å². The number of fused-ring (bicyclic) bond motifs is 2. The Balaban J connectivity index is 2.28. The second-order valence-electron chi connectivity index (χ2n) is 5.79. The molecular weight excluding hydrogens is 304 g/mol. The van der Waals surface area contributed by atoms with E-state index in [0.717, 1.165) is 32.7 Å². The number of aliphatic carboxylic acids is 2. The summed E-state index contributed by atoms with van der Waals surface area (Å²) in [5.41, 5.74) is 1.92. The Morgan fingerprint density at radius 2 is 0.917 bits per heavy atom. The normalized spacial score (nSPS) is 11.0. The van der Waals surface area contributed by atoms with Crippen molar-refractivity contribution in [1.29, 1.82) is 0 Å². The lowest BCUT2D eigenvalue weighted by Gasteiger charge is -2.17. The molecule has 0 aliphatic rings. The van der Waals surface area contributed by atoms with Crippen LogP contribution in [0.15, 0.2) is 48.5 Å². The van der Waals surface area contributed by atoms with Crippen LogP contribution in [0.2, 0.25) is 0 Å². The standard InChI is InChI=1S/C20H18O4/c21-19(22)11-9-17-13-5-1-2-6-14(13)18(10-12-20(23)24)16-8-4-3-7-15(16)17/h1-8H,9-12H2,(H,21,22)(H,23,24)/p-2. The Kier molecular flexibility index (Phi) is 4.47. The Labute approximate surface area is 139 Å². The number of carbonyl (C=O) groups excluding carboxylic acids is 2. The molecule has 0 aliphatic carbocycles. The van der Waals surface area contributed by atoms with Crippen LogP contribution < -0.4 is 10.2 Å². The molecule has 122 valence electrons. The largest absolute Gasteiger partial charge is 0.550 e. The summed E-state index contributed by atoms with van der Waals surface area (Å²) >= 11 is 0. The van der Waals surface area contributed by atoms with E-state index in [1.165, 1.54) is 0 Å². The third-order valence-corrected chi connectivity index (χ3v) is 4.31. The van der Waals surface area contributed by atoms with Crippen molar-refractivity contribution in [3.8, 4) is 0 Å². The first-order chi connectivity index (χ1) is 11.6. The van der Waals surface area contributed by atoms with Gasteiger partial charge in [-0.2, -0.15) is 0 Å². The van der Waals surface area contributed by atoms with E-state index in [2.05, 4.69) is 0 Å². The summed E-state index contributed by atoms with van der Waals surface area (Å²) in [6.07, 6.45) is 0.660. The number of carbonyl (C=O) groups is 2. The molecule has 0 fully saturated rings. The molecule has 3 aromatic rings. The van der Waals surface area contributed by atoms with Gasteiger partial charge in [0.2, 0.25) is 0 Å². The lowest BCUT2D eigenvalue weighted by atomic mass is 9.88. The number of carboxylic acids is 2. The Bertz CT molecular complexity index is 794. The van der Waals surface area contributed by atoms with Gasteiger partial charge in [-0.05, 0) is 58.4 Å². The van der Waals surface area contributed by atoms with Crippen LogP contribution in [0, 0.1) is 0 Å². The highest BCUT2D eigenvalue weighted by atomic mass is 16.4. The van der Waals surface area contributed by atoms with Crippen LogP contribution in [0.4, 0.5) is 0 Å². The zero-order valence-corrected chi connectivity index (χ0v) is 13.1. The van der Waals surface area contributed by atoms with Gasteiger partial charge in [0, 0.05) is 11.9 Å². The smallest absolute Gasteiger partial charge is 0.0417 e. The highest BCUT2D eigenvalue weighted by Crippen LogP contribution is 2.34. The molecule has 24 heavy (non-hydrogen) atoms. The minimum absolute atomic E-state index is 0.0492. The average Bonchev–Trinajstić information content (AvgIpc) is 2.57. The van der Waals surface area contributed by atoms with Gasteiger partial charge in [-0.25, -0.2) is 0 Å². The summed E-state index contributed by atoms with van der Waals surface area (Å²) in [6, 6.07) is 15.4. The molecule has 0 saturated heterocycles. The van der Waals surface area contributed by atoms with Crippen LogP contribution in [0.3, 0.4) is 0 Å². The molecule has 0 N–H and O–H groups in total. The lowest BCUT2D eigenvalue weighted by molar-refractivity contribution is -0.307. The molecule has 0 unspecified atom stereocenters. The SMILES string of the molecule is O=C([O-])CCc1c2ccccc2c(CCC(=O)[O-])c2ccccc12. The van der Waals surface area contributed by atoms with E-state index in [4.69, 9.17) is 0 Å². The number of hydrogen-bond donors (Lipinski definition) is 0. The fourth-order valence-electron chi connectivity index (χ4n) is 3.30. The van der Waals surface area contributed by atoms with Crippen molar-refractivity contribution >= 4 is 33.5 Å². The van der Waals surface area contributed by atoms with Crippen molar-refractivity contribution in [3.05, 3.63) is 59.7 Å². The predicted molar refractivity (Wildman–Crippen MR) is 88.1 cm³/mol. The monoisotopic (exact) mass is 320 g/mol. The highest BCUT2D eigenvalue weighted by Gasteiger charge is 2.13. The Hall–Kier alpha value is -2.88. The van der Waals surface area contributed by atoms with E-state index in [9.17, 15) is 19.8 Å². The van der Waals surface area contributed by atoms with Gasteiger partial charge in [-0.3, -0.25) is 0 Å². The maximum Gasteiger partial charge on any atom is 0.0417 e. The van der Waals surface area contributed by atoms with E-state index < -0.39 is 11.9 Å². The molecule has 4 heteroatoms. The average molecular weight is 320 g/mol. The number of carboxylic acid groups (broad SMARTS) is 2. The van der Waals surface area contributed by atoms with Crippen molar-refractivity contribution in [2.45, 2.75) is 25.7 Å². The quantitative estimate of drug-likeness (QED) is 0.642. The van der Waals surface area contributed by atoms with Gasteiger partial charge in [0.1, 0.15) is 0 Å². The predicted octanol–water partition coefficient (Wildman–Crippen LogP) is 1.36. The van der Waals surface area contributed by atoms with E-state index in [0.29, 0.717) is 12.8 Å². The lowest BCUT2D eigenvalue weighted by Crippen LogP contribution is -2.23. The topological polar surface area (TPSA) is 80.3 Å². The van der Waals surface area contributed by atoms with Crippen LogP contribution >= 0.6 is 0 Å². The molecule has 0 spiro atoms. The van der Waals surface area contributed by atoms with Crippen LogP contribution in [0.1, 0.15) is 24.0 Å². The van der Waals surface area contributed by atoms with Gasteiger partial charge in [-0.15, -0.1) is 0 Å². The van der Waals surface area contributed by atoms with Gasteiger partial charge in [0.05, 0.1) is 0 Å². The van der Waals surface area contributed by atoms with Crippen LogP contribution in [-0.2, 0) is 22.4 Å². The molecule has 0 radical (unpaired) electrons. The number of hydrogen-bond acceptors (Lipinski definition) is 4. The van der Waals surface area contributed by atoms with Crippen molar-refractivity contribution in [3.63, 3.8) is 0 Å². The highest BCUT2D eigenvalue weighted by molar-refractivity contribution is 6.06. The molecule has 0 saturated carbocycles. The second-order valence-corrected chi connectivity index (χ2v) is 5.79. The van der Waals surface area contributed by atoms with E-state index in [-0.39, 0.29) is 12.8 Å². The minimum atomic E-state index is -1.08. The molecule has 0 aromatic heterocycles. The van der Waals surface area contributed by atoms with E-state index in [1.807, 2.05) is 48.5 Å². The summed E-state index contributed by atoms with van der Waals surface area (Å²) in [5.74, 6) is -2.16. The third kappa shape index (κ3) is 3.08. The molecule has 0 atom stereocenters. The third-order valence-electron chi connectivity index (χ3n) is 4.31. The first-order valence-corrected chi connectivity index (χ1v) is 7.89. The first kappa shape index (κ1) is 16.0. The van der Waals surface area contributed by atoms with E-state index >= 15 is 0 Å². The molecule has 3 rings (SSSR count). The van der Waals surface area contributed by atoms with E-state index in [1.54, 1.807) is 0 Å². The zero-order valence-electron chi connectivity index (χ0n) is 13.1.